The molecule has 0 aliphatic rings. The lowest BCUT2D eigenvalue weighted by Gasteiger charge is -2.02. The summed E-state index contributed by atoms with van der Waals surface area (Å²) < 4.78 is 5.32. The van der Waals surface area contributed by atoms with E-state index in [9.17, 15) is 0 Å². The van der Waals surface area contributed by atoms with Crippen molar-refractivity contribution in [3.05, 3.63) is 42.2 Å². The second-order valence-electron chi connectivity index (χ2n) is 3.44. The maximum atomic E-state index is 5.32. The summed E-state index contributed by atoms with van der Waals surface area (Å²) in [6, 6.07) is 10.1. The van der Waals surface area contributed by atoms with Gasteiger partial charge in [-0.1, -0.05) is 44.2 Å². The Morgan fingerprint density at radius 2 is 1.92 bits per heavy atom. The smallest absolute Gasteiger partial charge is 0.0896 e. The van der Waals surface area contributed by atoms with Crippen molar-refractivity contribution < 1.29 is 4.74 Å². The summed E-state index contributed by atoms with van der Waals surface area (Å²) >= 11 is 0. The van der Waals surface area contributed by atoms with Gasteiger partial charge in [-0.25, -0.2) is 0 Å². The zero-order valence-electron chi connectivity index (χ0n) is 8.23. The van der Waals surface area contributed by atoms with Crippen molar-refractivity contribution in [1.82, 2.24) is 0 Å². The van der Waals surface area contributed by atoms with E-state index in [0.29, 0.717) is 5.92 Å². The van der Waals surface area contributed by atoms with E-state index in [1.165, 1.54) is 5.56 Å². The lowest BCUT2D eigenvalue weighted by molar-refractivity contribution is 0.213. The molecule has 1 aromatic rings. The minimum atomic E-state index is 0.584. The molecule has 0 aliphatic heterocycles. The van der Waals surface area contributed by atoms with Crippen LogP contribution in [0.15, 0.2) is 36.6 Å². The SMILES string of the molecule is CC(C)COC=Cc1ccccc1. The molecule has 0 aromatic heterocycles. The number of benzene rings is 1. The molecule has 0 bridgehead atoms. The Morgan fingerprint density at radius 1 is 1.23 bits per heavy atom. The van der Waals surface area contributed by atoms with Crippen LogP contribution in [0.2, 0.25) is 0 Å². The largest absolute Gasteiger partial charge is 0.501 e. The highest BCUT2D eigenvalue weighted by atomic mass is 16.5. The van der Waals surface area contributed by atoms with Crippen LogP contribution in [-0.2, 0) is 4.74 Å². The zero-order chi connectivity index (χ0) is 9.52. The lowest BCUT2D eigenvalue weighted by atomic mass is 10.2. The number of hydrogen-bond acceptors (Lipinski definition) is 1. The second kappa shape index (κ2) is 5.41. The van der Waals surface area contributed by atoms with Gasteiger partial charge in [-0.15, -0.1) is 0 Å². The van der Waals surface area contributed by atoms with Crippen molar-refractivity contribution in [3.63, 3.8) is 0 Å². The highest BCUT2D eigenvalue weighted by Crippen LogP contribution is 2.01. The van der Waals surface area contributed by atoms with Crippen molar-refractivity contribution in [2.24, 2.45) is 5.92 Å². The van der Waals surface area contributed by atoms with Gasteiger partial charge in [0.05, 0.1) is 12.9 Å². The van der Waals surface area contributed by atoms with Crippen molar-refractivity contribution >= 4 is 6.08 Å². The van der Waals surface area contributed by atoms with Gasteiger partial charge >= 0.3 is 0 Å². The van der Waals surface area contributed by atoms with Gasteiger partial charge in [0, 0.05) is 0 Å². The average Bonchev–Trinajstić information content (AvgIpc) is 2.14. The van der Waals surface area contributed by atoms with Crippen LogP contribution in [0, 0.1) is 5.92 Å². The number of hydrogen-bond donors (Lipinski definition) is 0. The summed E-state index contributed by atoms with van der Waals surface area (Å²) in [6.45, 7) is 5.05. The number of ether oxygens (including phenoxy) is 1. The quantitative estimate of drug-likeness (QED) is 0.639. The first-order chi connectivity index (χ1) is 6.29. The highest BCUT2D eigenvalue weighted by molar-refractivity contribution is 5.47. The molecule has 0 radical (unpaired) electrons. The standard InChI is InChI=1S/C12H16O/c1-11(2)10-13-9-8-12-6-4-3-5-7-12/h3-9,11H,10H2,1-2H3. The van der Waals surface area contributed by atoms with Crippen molar-refractivity contribution in [2.45, 2.75) is 13.8 Å². The van der Waals surface area contributed by atoms with Crippen LogP contribution in [0.5, 0.6) is 0 Å². The Labute approximate surface area is 80.0 Å². The predicted octanol–water partition coefficient (Wildman–Crippen LogP) is 3.33. The molecule has 1 nitrogen and oxygen atoms in total. The summed E-state index contributed by atoms with van der Waals surface area (Å²) in [5, 5.41) is 0. The number of rotatable bonds is 4. The molecule has 0 saturated heterocycles. The lowest BCUT2D eigenvalue weighted by Crippen LogP contribution is -1.96. The van der Waals surface area contributed by atoms with Crippen molar-refractivity contribution in [2.75, 3.05) is 6.61 Å². The first-order valence-electron chi connectivity index (χ1n) is 4.62. The molecule has 0 atom stereocenters. The molecule has 0 aliphatic carbocycles. The predicted molar refractivity (Wildman–Crippen MR) is 56.3 cm³/mol. The van der Waals surface area contributed by atoms with Gasteiger partial charge in [-0.3, -0.25) is 0 Å². The van der Waals surface area contributed by atoms with Crippen LogP contribution in [0.25, 0.3) is 6.08 Å². The molecule has 70 valence electrons. The molecule has 0 spiro atoms. The van der Waals surface area contributed by atoms with Crippen LogP contribution in [0.1, 0.15) is 19.4 Å². The van der Waals surface area contributed by atoms with Gasteiger partial charge in [-0.05, 0) is 17.6 Å². The molecule has 0 unspecified atom stereocenters. The summed E-state index contributed by atoms with van der Waals surface area (Å²) in [5.74, 6) is 0.584. The molecule has 1 heteroatoms. The van der Waals surface area contributed by atoms with Crippen LogP contribution < -0.4 is 0 Å². The molecule has 0 fully saturated rings. The van der Waals surface area contributed by atoms with Gasteiger partial charge in [0.25, 0.3) is 0 Å². The highest BCUT2D eigenvalue weighted by Gasteiger charge is 1.89. The molecular formula is C12H16O. The third kappa shape index (κ3) is 4.36. The third-order valence-corrected chi connectivity index (χ3v) is 1.59. The van der Waals surface area contributed by atoms with E-state index < -0.39 is 0 Å². The Morgan fingerprint density at radius 3 is 2.54 bits per heavy atom. The van der Waals surface area contributed by atoms with Gasteiger partial charge < -0.3 is 4.74 Å². The first kappa shape index (κ1) is 9.85. The minimum absolute atomic E-state index is 0.584. The fourth-order valence-electron chi connectivity index (χ4n) is 0.939. The van der Waals surface area contributed by atoms with E-state index in [1.807, 2.05) is 24.3 Å². The van der Waals surface area contributed by atoms with E-state index in [1.54, 1.807) is 6.26 Å². The Balaban J connectivity index is 2.33. The summed E-state index contributed by atoms with van der Waals surface area (Å²) in [7, 11) is 0. The zero-order valence-corrected chi connectivity index (χ0v) is 8.23. The van der Waals surface area contributed by atoms with Gasteiger partial charge in [0.15, 0.2) is 0 Å². The molecule has 0 heterocycles. The molecule has 1 rings (SSSR count). The van der Waals surface area contributed by atoms with Crippen molar-refractivity contribution in [1.29, 1.82) is 0 Å². The van der Waals surface area contributed by atoms with E-state index in [2.05, 4.69) is 26.0 Å². The molecule has 0 N–H and O–H groups in total. The van der Waals surface area contributed by atoms with Crippen molar-refractivity contribution in [3.8, 4) is 0 Å². The van der Waals surface area contributed by atoms with Crippen LogP contribution in [0.4, 0.5) is 0 Å². The normalized spacial score (nSPS) is 11.0. The molecule has 0 amide bonds. The van der Waals surface area contributed by atoms with Gasteiger partial charge in [0.2, 0.25) is 0 Å². The van der Waals surface area contributed by atoms with Crippen LogP contribution >= 0.6 is 0 Å². The van der Waals surface area contributed by atoms with Crippen LogP contribution in [-0.4, -0.2) is 6.61 Å². The first-order valence-corrected chi connectivity index (χ1v) is 4.62. The van der Waals surface area contributed by atoms with E-state index in [4.69, 9.17) is 4.74 Å². The summed E-state index contributed by atoms with van der Waals surface area (Å²) in [5.41, 5.74) is 1.17. The molecular weight excluding hydrogens is 160 g/mol. The van der Waals surface area contributed by atoms with E-state index >= 15 is 0 Å². The fraction of sp³-hybridized carbons (Fsp3) is 0.333. The summed E-state index contributed by atoms with van der Waals surface area (Å²) in [4.78, 5) is 0. The third-order valence-electron chi connectivity index (χ3n) is 1.59. The maximum Gasteiger partial charge on any atom is 0.0896 e. The average molecular weight is 176 g/mol. The Bertz CT molecular complexity index is 249. The van der Waals surface area contributed by atoms with E-state index in [0.717, 1.165) is 6.61 Å². The van der Waals surface area contributed by atoms with Gasteiger partial charge in [-0.2, -0.15) is 0 Å². The Hall–Kier alpha value is -1.24. The minimum Gasteiger partial charge on any atom is -0.501 e. The topological polar surface area (TPSA) is 9.23 Å². The molecule has 13 heavy (non-hydrogen) atoms. The molecule has 0 saturated carbocycles. The summed E-state index contributed by atoms with van der Waals surface area (Å²) in [6.07, 6.45) is 3.73. The Kier molecular flexibility index (Phi) is 4.10. The maximum absolute atomic E-state index is 5.32. The van der Waals surface area contributed by atoms with E-state index in [-0.39, 0.29) is 0 Å². The van der Waals surface area contributed by atoms with Crippen LogP contribution in [0.3, 0.4) is 0 Å². The van der Waals surface area contributed by atoms with Gasteiger partial charge in [0.1, 0.15) is 0 Å². The molecule has 1 aromatic carbocycles. The fourth-order valence-corrected chi connectivity index (χ4v) is 0.939. The second-order valence-corrected chi connectivity index (χ2v) is 3.44. The monoisotopic (exact) mass is 176 g/mol.